The van der Waals surface area contributed by atoms with Crippen LogP contribution in [0.4, 0.5) is 0 Å². The van der Waals surface area contributed by atoms with Crippen LogP contribution in [0.3, 0.4) is 0 Å². The second-order valence-corrected chi connectivity index (χ2v) is 4.97. The maximum atomic E-state index is 8.49. The summed E-state index contributed by atoms with van der Waals surface area (Å²) in [5, 5.41) is 0. The zero-order valence-corrected chi connectivity index (χ0v) is 11.8. The summed E-state index contributed by atoms with van der Waals surface area (Å²) in [6.45, 7) is 2.07. The number of pyridine rings is 1. The molecule has 1 aromatic carbocycles. The van der Waals surface area contributed by atoms with Crippen molar-refractivity contribution in [2.45, 2.75) is 6.92 Å². The van der Waals surface area contributed by atoms with Gasteiger partial charge in [0, 0.05) is 18.6 Å². The summed E-state index contributed by atoms with van der Waals surface area (Å²) in [6, 6.07) is 16.2. The van der Waals surface area contributed by atoms with Crippen LogP contribution in [0.25, 0.3) is 17.0 Å². The van der Waals surface area contributed by atoms with E-state index in [-0.39, 0.29) is 0 Å². The third kappa shape index (κ3) is 4.52. The maximum absolute atomic E-state index is 8.49. The Bertz CT molecular complexity index is 715. The number of hydrogen-bond acceptors (Lipinski definition) is 5. The molecule has 0 saturated carbocycles. The molecule has 0 aliphatic carbocycles. The molecular weight excluding hydrogens is 298 g/mol. The molecule has 21 heavy (non-hydrogen) atoms. The highest BCUT2D eigenvalue weighted by molar-refractivity contribution is 5.56. The van der Waals surface area contributed by atoms with Gasteiger partial charge in [-0.1, -0.05) is 30.3 Å². The summed E-state index contributed by atoms with van der Waals surface area (Å²) < 4.78 is 41.8. The Morgan fingerprint density at radius 2 is 1.52 bits per heavy atom. The van der Waals surface area contributed by atoms with Crippen LogP contribution in [0.1, 0.15) is 5.69 Å². The summed E-state index contributed by atoms with van der Waals surface area (Å²) in [5.74, 6) is 0.898. The maximum Gasteiger partial charge on any atom is 0.379 e. The van der Waals surface area contributed by atoms with Crippen LogP contribution in [0.15, 0.2) is 59.1 Å². The molecule has 0 radical (unpaired) electrons. The van der Waals surface area contributed by atoms with Gasteiger partial charge in [0.25, 0.3) is 0 Å². The molecule has 7 heteroatoms. The molecule has 0 aliphatic heterocycles. The average Bonchev–Trinajstić information content (AvgIpc) is 2.83. The van der Waals surface area contributed by atoms with Crippen molar-refractivity contribution in [3.8, 4) is 11.3 Å². The number of halogens is 1. The number of benzene rings is 1. The van der Waals surface area contributed by atoms with Crippen LogP contribution in [0.2, 0.25) is 0 Å². The number of oxazole rings is 1. The minimum atomic E-state index is -4.94. The van der Waals surface area contributed by atoms with Crippen molar-refractivity contribution >= 4 is 5.71 Å². The number of rotatable bonds is 1. The van der Waals surface area contributed by atoms with E-state index in [4.69, 9.17) is 23.1 Å². The first-order valence-corrected chi connectivity index (χ1v) is 7.16. The van der Waals surface area contributed by atoms with Gasteiger partial charge in [-0.05, 0) is 6.07 Å². The molecule has 0 saturated heterocycles. The van der Waals surface area contributed by atoms with Crippen LogP contribution in [0.5, 0.6) is 0 Å². The van der Waals surface area contributed by atoms with E-state index in [2.05, 4.69) is 17.4 Å². The fraction of sp³-hybridized carbons (Fsp3) is 0.0714. The number of aromatic nitrogens is 1. The van der Waals surface area contributed by atoms with E-state index in [0.717, 1.165) is 17.0 Å². The van der Waals surface area contributed by atoms with Gasteiger partial charge in [-0.25, -0.2) is 18.6 Å². The number of nitrogens with zero attached hydrogens (tertiary/aromatic N) is 1. The Morgan fingerprint density at radius 3 is 2.10 bits per heavy atom. The molecule has 0 amide bonds. The summed E-state index contributed by atoms with van der Waals surface area (Å²) >= 11 is 0. The molecule has 0 atom stereocenters. The molecule has 0 aliphatic rings. The summed E-state index contributed by atoms with van der Waals surface area (Å²) in [4.78, 5) is 0. The Kier molecular flexibility index (Phi) is 4.56. The molecule has 0 fully saturated rings. The Hall–Kier alpha value is -1.96. The lowest BCUT2D eigenvalue weighted by atomic mass is 10.2. The third-order valence-corrected chi connectivity index (χ3v) is 2.71. The lowest BCUT2D eigenvalue weighted by Crippen LogP contribution is -2.68. The lowest BCUT2D eigenvalue weighted by Gasteiger charge is -2.17. The molecule has 3 aromatic rings. The van der Waals surface area contributed by atoms with Crippen LogP contribution in [-0.4, -0.2) is 0 Å². The van der Waals surface area contributed by atoms with E-state index >= 15 is 0 Å². The van der Waals surface area contributed by atoms with Crippen molar-refractivity contribution in [1.29, 1.82) is 0 Å². The first-order valence-electron chi connectivity index (χ1n) is 5.92. The average molecular weight is 310 g/mol. The molecule has 0 spiro atoms. The van der Waals surface area contributed by atoms with Gasteiger partial charge in [0.15, 0.2) is 5.69 Å². The second-order valence-electron chi connectivity index (χ2n) is 4.21. The van der Waals surface area contributed by atoms with Gasteiger partial charge in [0.1, 0.15) is 0 Å². The van der Waals surface area contributed by atoms with Crippen LogP contribution < -0.4 is 23.0 Å². The monoisotopic (exact) mass is 309 g/mol. The van der Waals surface area contributed by atoms with Gasteiger partial charge in [0.2, 0.25) is 12.0 Å². The van der Waals surface area contributed by atoms with Gasteiger partial charge >= 0.3 is 5.71 Å². The van der Waals surface area contributed by atoms with E-state index in [1.165, 1.54) is 5.69 Å². The highest BCUT2D eigenvalue weighted by Crippen LogP contribution is 2.19. The zero-order valence-electron chi connectivity index (χ0n) is 11.1. The highest BCUT2D eigenvalue weighted by Gasteiger charge is 2.14. The van der Waals surface area contributed by atoms with Gasteiger partial charge in [-0.15, -0.1) is 14.6 Å². The van der Waals surface area contributed by atoms with Gasteiger partial charge in [-0.2, -0.15) is 0 Å². The van der Waals surface area contributed by atoms with E-state index in [0.29, 0.717) is 0 Å². The molecular formula is C14H12ClNO5. The Labute approximate surface area is 122 Å². The van der Waals surface area contributed by atoms with Gasteiger partial charge in [0.05, 0.1) is 6.07 Å². The highest BCUT2D eigenvalue weighted by atomic mass is 35.7. The molecule has 110 valence electrons. The molecule has 0 bridgehead atoms. The van der Waals surface area contributed by atoms with Gasteiger partial charge in [-0.3, -0.25) is 0 Å². The van der Waals surface area contributed by atoms with Gasteiger partial charge < -0.3 is 4.42 Å². The SMILES string of the molecule is Cc1cccc2oc(-c3ccccc3)c[n+]12.[O-][Cl+3]([O-])([O-])[O-]. The van der Waals surface area contributed by atoms with E-state index in [1.807, 2.05) is 48.7 Å². The smallest absolute Gasteiger partial charge is 0.379 e. The Morgan fingerprint density at radius 1 is 0.905 bits per heavy atom. The predicted octanol–water partition coefficient (Wildman–Crippen LogP) is -1.76. The van der Waals surface area contributed by atoms with E-state index in [1.54, 1.807) is 0 Å². The lowest BCUT2D eigenvalue weighted by molar-refractivity contribution is -2.00. The van der Waals surface area contributed by atoms with Crippen molar-refractivity contribution < 1.29 is 37.7 Å². The fourth-order valence-electron chi connectivity index (χ4n) is 1.84. The molecule has 3 rings (SSSR count). The van der Waals surface area contributed by atoms with Crippen molar-refractivity contribution in [1.82, 2.24) is 0 Å². The van der Waals surface area contributed by atoms with E-state index in [9.17, 15) is 0 Å². The number of hydrogen-bond donors (Lipinski definition) is 0. The fourth-order valence-corrected chi connectivity index (χ4v) is 1.84. The van der Waals surface area contributed by atoms with Crippen LogP contribution in [0, 0.1) is 17.2 Å². The predicted molar refractivity (Wildman–Crippen MR) is 62.0 cm³/mol. The van der Waals surface area contributed by atoms with Crippen molar-refractivity contribution in [2.75, 3.05) is 0 Å². The third-order valence-electron chi connectivity index (χ3n) is 2.71. The Balaban J connectivity index is 0.000000282. The topological polar surface area (TPSA) is 109 Å². The standard InChI is InChI=1S/C14H12NO.ClHO4/c1-11-6-5-9-14-15(11)10-13(16-14)12-7-3-2-4-8-12;2-1(3,4)5/h2-10H,1H3;(H,2,3,4,5)/q+1;/p-1. The summed E-state index contributed by atoms with van der Waals surface area (Å²) in [5.41, 5.74) is 3.15. The molecule has 0 unspecified atom stereocenters. The molecule has 2 aromatic heterocycles. The van der Waals surface area contributed by atoms with Crippen LogP contribution in [-0.2, 0) is 0 Å². The molecule has 6 nitrogen and oxygen atoms in total. The minimum absolute atomic E-state index is 0.874. The minimum Gasteiger partial charge on any atom is -0.398 e. The van der Waals surface area contributed by atoms with Crippen molar-refractivity contribution in [2.24, 2.45) is 0 Å². The van der Waals surface area contributed by atoms with Crippen molar-refractivity contribution in [3.05, 3.63) is 60.4 Å². The quantitative estimate of drug-likeness (QED) is 0.494. The van der Waals surface area contributed by atoms with E-state index < -0.39 is 10.2 Å². The summed E-state index contributed by atoms with van der Waals surface area (Å²) in [6.07, 6.45) is 2.03. The number of fused-ring (bicyclic) bond motifs is 1. The molecule has 0 N–H and O–H groups in total. The number of aryl methyl sites for hydroxylation is 1. The normalized spacial score (nSPS) is 11.1. The zero-order chi connectivity index (χ0) is 15.5. The van der Waals surface area contributed by atoms with Crippen molar-refractivity contribution in [3.63, 3.8) is 0 Å². The second kappa shape index (κ2) is 6.21. The first-order chi connectivity index (χ1) is 9.84. The first kappa shape index (κ1) is 15.4. The molecule has 2 heterocycles. The largest absolute Gasteiger partial charge is 0.398 e. The summed E-state index contributed by atoms with van der Waals surface area (Å²) in [7, 11) is -4.94. The van der Waals surface area contributed by atoms with Crippen LogP contribution >= 0.6 is 0 Å².